The van der Waals surface area contributed by atoms with Gasteiger partial charge < -0.3 is 28.1 Å². The first kappa shape index (κ1) is 48.4. The van der Waals surface area contributed by atoms with Crippen LogP contribution < -0.4 is 0 Å². The van der Waals surface area contributed by atoms with Crippen molar-refractivity contribution < 1.29 is 18.9 Å². The van der Waals surface area contributed by atoms with Crippen molar-refractivity contribution >= 4 is 50.8 Å². The Morgan fingerprint density at radius 3 is 1.35 bits per heavy atom. The number of hydrogen-bond donors (Lipinski definition) is 0. The van der Waals surface area contributed by atoms with Gasteiger partial charge in [0.15, 0.2) is 0 Å². The van der Waals surface area contributed by atoms with Crippen molar-refractivity contribution in [2.45, 2.75) is 192 Å². The van der Waals surface area contributed by atoms with Crippen LogP contribution in [0.25, 0.3) is 0 Å². The molecule has 4 atom stereocenters. The molecule has 0 spiro atoms. The number of rotatable bonds is 32. The molecule has 0 aromatic carbocycles. The maximum absolute atomic E-state index is 6.21. The highest BCUT2D eigenvalue weighted by atomic mass is 33.5. The van der Waals surface area contributed by atoms with Crippen LogP contribution in [0.4, 0.5) is 0 Å². The van der Waals surface area contributed by atoms with Crippen LogP contribution in [0.1, 0.15) is 169 Å². The molecule has 2 aliphatic rings. The van der Waals surface area contributed by atoms with Crippen LogP contribution in [0.3, 0.4) is 0 Å². The molecule has 6 nitrogen and oxygen atoms in total. The summed E-state index contributed by atoms with van der Waals surface area (Å²) in [6, 6.07) is 0. The minimum absolute atomic E-state index is 0.149. The Kier molecular flexibility index (Phi) is 33.8. The van der Waals surface area contributed by atoms with Gasteiger partial charge in [0.25, 0.3) is 0 Å². The molecule has 4 unspecified atom stereocenters. The third kappa shape index (κ3) is 29.2. The molecule has 0 radical (unpaired) electrons. The predicted octanol–water partition coefficient (Wildman–Crippen LogP) is 10.8. The Labute approximate surface area is 333 Å². The van der Waals surface area contributed by atoms with E-state index in [1.165, 1.54) is 179 Å². The largest absolute Gasteiger partial charge is 0.355 e. The molecule has 2 rings (SSSR count). The zero-order valence-electron chi connectivity index (χ0n) is 34.1. The molecule has 0 saturated carbocycles. The highest BCUT2D eigenvalue weighted by molar-refractivity contribution is 9.09. The smallest absolute Gasteiger partial charge is 0.147 e. The zero-order valence-corrected chi connectivity index (χ0v) is 39.4. The summed E-state index contributed by atoms with van der Waals surface area (Å²) >= 11 is 0. The second-order valence-electron chi connectivity index (χ2n) is 15.8. The molecule has 0 N–H and O–H groups in total. The maximum atomic E-state index is 6.21. The van der Waals surface area contributed by atoms with Gasteiger partial charge in [-0.05, 0) is 111 Å². The van der Waals surface area contributed by atoms with E-state index in [1.807, 2.05) is 9.83 Å². The van der Waals surface area contributed by atoms with Gasteiger partial charge in [0.2, 0.25) is 0 Å². The van der Waals surface area contributed by atoms with Gasteiger partial charge in [-0.1, -0.05) is 126 Å². The van der Waals surface area contributed by atoms with Crippen molar-refractivity contribution in [3.05, 3.63) is 0 Å². The minimum Gasteiger partial charge on any atom is -0.355 e. The SMILES string of the molecule is CCCCCCCCCOCOC1CCC(C)[SiH2]N(CCCSSSCCCN2CCC(OCOCCCCCCCCC)CCC(C)[SiH2]2)CC1. The van der Waals surface area contributed by atoms with Gasteiger partial charge in [-0.25, -0.2) is 0 Å². The van der Waals surface area contributed by atoms with E-state index in [2.05, 4.69) is 58.4 Å². The second kappa shape index (κ2) is 35.6. The van der Waals surface area contributed by atoms with Crippen LogP contribution in [0, 0.1) is 0 Å². The van der Waals surface area contributed by atoms with Crippen molar-refractivity contribution in [2.75, 3.05) is 64.5 Å². The lowest BCUT2D eigenvalue weighted by atomic mass is 10.1. The first-order valence-corrected chi connectivity index (χ1v) is 28.6. The molecule has 304 valence electrons. The van der Waals surface area contributed by atoms with Crippen LogP contribution in [0.15, 0.2) is 0 Å². The van der Waals surface area contributed by atoms with Crippen LogP contribution in [-0.2, 0) is 18.9 Å². The van der Waals surface area contributed by atoms with E-state index in [0.29, 0.717) is 25.8 Å². The topological polar surface area (TPSA) is 43.4 Å². The van der Waals surface area contributed by atoms with Crippen molar-refractivity contribution in [3.8, 4) is 0 Å². The fourth-order valence-electron chi connectivity index (χ4n) is 7.39. The molecule has 0 bridgehead atoms. The predicted molar refractivity (Wildman–Crippen MR) is 236 cm³/mol. The van der Waals surface area contributed by atoms with E-state index >= 15 is 0 Å². The first-order chi connectivity index (χ1) is 25.1. The van der Waals surface area contributed by atoms with Crippen molar-refractivity contribution in [1.82, 2.24) is 9.13 Å². The highest BCUT2D eigenvalue weighted by Crippen LogP contribution is 2.35. The molecular formula is C40H84N2O4S3Si2. The minimum atomic E-state index is -0.149. The summed E-state index contributed by atoms with van der Waals surface area (Å²) in [4.78, 5) is 0. The second-order valence-corrected chi connectivity index (χ2v) is 25.6. The van der Waals surface area contributed by atoms with Crippen LogP contribution in [0.5, 0.6) is 0 Å². The monoisotopic (exact) mass is 809 g/mol. The zero-order chi connectivity index (χ0) is 36.5. The molecule has 2 aliphatic heterocycles. The molecule has 2 heterocycles. The Morgan fingerprint density at radius 1 is 0.510 bits per heavy atom. The number of ether oxygens (including phenoxy) is 4. The first-order valence-electron chi connectivity index (χ1n) is 21.8. The third-order valence-electron chi connectivity index (χ3n) is 10.7. The number of hydrogen-bond acceptors (Lipinski definition) is 9. The summed E-state index contributed by atoms with van der Waals surface area (Å²) in [7, 11) is 5.90. The van der Waals surface area contributed by atoms with Gasteiger partial charge in [-0.15, -0.1) is 0 Å². The number of nitrogens with zero attached hydrogens (tertiary/aromatic N) is 2. The van der Waals surface area contributed by atoms with E-state index in [9.17, 15) is 0 Å². The number of unbranched alkanes of at least 4 members (excludes halogenated alkanes) is 12. The van der Waals surface area contributed by atoms with Crippen LogP contribution in [-0.4, -0.2) is 105 Å². The van der Waals surface area contributed by atoms with Gasteiger partial charge >= 0.3 is 0 Å². The normalized spacial score (nSPS) is 23.8. The van der Waals surface area contributed by atoms with Gasteiger partial charge in [0, 0.05) is 24.7 Å². The molecule has 0 aromatic heterocycles. The summed E-state index contributed by atoms with van der Waals surface area (Å²) in [5.74, 6) is 2.54. The average molecular weight is 809 g/mol. The van der Waals surface area contributed by atoms with Crippen LogP contribution >= 0.6 is 31.4 Å². The van der Waals surface area contributed by atoms with E-state index in [4.69, 9.17) is 18.9 Å². The van der Waals surface area contributed by atoms with Crippen molar-refractivity contribution in [2.24, 2.45) is 0 Å². The van der Waals surface area contributed by atoms with Crippen LogP contribution in [0.2, 0.25) is 11.1 Å². The fraction of sp³-hybridized carbons (Fsp3) is 1.00. The molecule has 0 aliphatic carbocycles. The Morgan fingerprint density at radius 2 is 0.922 bits per heavy atom. The van der Waals surface area contributed by atoms with Crippen molar-refractivity contribution in [1.29, 1.82) is 0 Å². The standard InChI is InChI=1S/C40H84N2O4S3Si2/c1-5-7-9-11-13-15-17-31-43-35-45-39-23-21-37(3)50-41(29-25-39)27-19-33-47-49-48-34-20-28-42-30-26-40(24-22-38(4)51-42)46-36-44-32-18-16-14-12-10-8-6-2/h37-40H,5-36,50-51H2,1-4H3. The Balaban J connectivity index is 1.44. The maximum Gasteiger partial charge on any atom is 0.147 e. The van der Waals surface area contributed by atoms with E-state index in [0.717, 1.165) is 24.3 Å². The molecule has 51 heavy (non-hydrogen) atoms. The fourth-order valence-corrected chi connectivity index (χ4v) is 15.4. The van der Waals surface area contributed by atoms with E-state index in [-0.39, 0.29) is 19.4 Å². The summed E-state index contributed by atoms with van der Waals surface area (Å²) in [6.45, 7) is 17.2. The summed E-state index contributed by atoms with van der Waals surface area (Å²) in [6.07, 6.45) is 29.5. The molecular weight excluding hydrogens is 725 g/mol. The molecule has 11 heteroatoms. The Hall–Kier alpha value is 1.24. The van der Waals surface area contributed by atoms with Gasteiger partial charge in [-0.3, -0.25) is 0 Å². The lowest BCUT2D eigenvalue weighted by Gasteiger charge is -2.31. The average Bonchev–Trinajstić information content (AvgIpc) is 3.11. The van der Waals surface area contributed by atoms with E-state index < -0.39 is 0 Å². The molecule has 2 fully saturated rings. The Bertz CT molecular complexity index is 696. The third-order valence-corrected chi connectivity index (χ3v) is 19.5. The molecule has 0 aromatic rings. The lowest BCUT2D eigenvalue weighted by Crippen LogP contribution is -2.37. The van der Waals surface area contributed by atoms with Gasteiger partial charge in [0.1, 0.15) is 13.6 Å². The summed E-state index contributed by atoms with van der Waals surface area (Å²) in [5, 5.41) is 0. The van der Waals surface area contributed by atoms with Gasteiger partial charge in [-0.2, -0.15) is 0 Å². The quantitative estimate of drug-likeness (QED) is 0.0286. The highest BCUT2D eigenvalue weighted by Gasteiger charge is 2.21. The lowest BCUT2D eigenvalue weighted by molar-refractivity contribution is -0.0960. The van der Waals surface area contributed by atoms with Crippen molar-refractivity contribution in [3.63, 3.8) is 0 Å². The molecule has 0 amide bonds. The van der Waals surface area contributed by atoms with Gasteiger partial charge in [0.05, 0.1) is 31.6 Å². The summed E-state index contributed by atoms with van der Waals surface area (Å²) in [5.41, 5.74) is 1.78. The summed E-state index contributed by atoms with van der Waals surface area (Å²) < 4.78 is 29.8. The molecule has 2 saturated heterocycles. The van der Waals surface area contributed by atoms with E-state index in [1.54, 1.807) is 0 Å².